The molecule has 5 nitrogen and oxygen atoms in total. The fourth-order valence-corrected chi connectivity index (χ4v) is 1.57. The quantitative estimate of drug-likeness (QED) is 0.809. The number of aromatic amines is 1. The van der Waals surface area contributed by atoms with Crippen molar-refractivity contribution in [2.75, 3.05) is 11.1 Å². The zero-order valence-electron chi connectivity index (χ0n) is 8.17. The average Bonchev–Trinajstić information content (AvgIpc) is 2.67. The number of benzene rings is 1. The van der Waals surface area contributed by atoms with Gasteiger partial charge in [-0.3, -0.25) is 0 Å². The zero-order valence-corrected chi connectivity index (χ0v) is 9.75. The molecule has 0 amide bonds. The summed E-state index contributed by atoms with van der Waals surface area (Å²) in [5.74, 6) is 0.579. The number of alkyl halides is 1. The Morgan fingerprint density at radius 2 is 2.31 bits per heavy atom. The molecule has 2 rings (SSSR count). The first-order valence-corrected chi connectivity index (χ1v) is 5.27. The van der Waals surface area contributed by atoms with E-state index in [9.17, 15) is 4.39 Å². The fraction of sp³-hybridized carbons (Fsp3) is 0.111. The summed E-state index contributed by atoms with van der Waals surface area (Å²) in [6, 6.07) is 5.22. The molecule has 0 aliphatic heterocycles. The summed E-state index contributed by atoms with van der Waals surface area (Å²) in [6.07, 6.45) is 0. The highest BCUT2D eigenvalue weighted by molar-refractivity contribution is 9.10. The van der Waals surface area contributed by atoms with E-state index in [4.69, 9.17) is 5.73 Å². The van der Waals surface area contributed by atoms with E-state index >= 15 is 0 Å². The van der Waals surface area contributed by atoms with Gasteiger partial charge in [0, 0.05) is 10.2 Å². The standard InChI is InChI=1S/C9H9BrFN5/c10-7-2-1-6(3-5(7)4-11)13-9-14-8(12)15-16-9/h1-3H,4H2,(H4,12,13,14,15,16). The monoisotopic (exact) mass is 285 g/mol. The molecule has 0 atom stereocenters. The Labute approximate surface area is 99.4 Å². The lowest BCUT2D eigenvalue weighted by Crippen LogP contribution is -1.94. The van der Waals surface area contributed by atoms with Gasteiger partial charge < -0.3 is 11.1 Å². The van der Waals surface area contributed by atoms with Crippen molar-refractivity contribution in [2.24, 2.45) is 0 Å². The molecule has 0 saturated heterocycles. The molecule has 1 aromatic carbocycles. The van der Waals surface area contributed by atoms with Gasteiger partial charge in [0.1, 0.15) is 6.67 Å². The highest BCUT2D eigenvalue weighted by Gasteiger charge is 2.04. The van der Waals surface area contributed by atoms with Gasteiger partial charge in [0.25, 0.3) is 0 Å². The molecule has 0 aliphatic carbocycles. The van der Waals surface area contributed by atoms with Crippen LogP contribution in [0, 0.1) is 0 Å². The molecule has 0 aliphatic rings. The third kappa shape index (κ3) is 2.30. The Morgan fingerprint density at radius 3 is 2.94 bits per heavy atom. The van der Waals surface area contributed by atoms with Crippen LogP contribution in [0.1, 0.15) is 5.56 Å². The minimum Gasteiger partial charge on any atom is -0.368 e. The number of rotatable bonds is 3. The predicted molar refractivity (Wildman–Crippen MR) is 63.0 cm³/mol. The maximum atomic E-state index is 12.6. The number of aromatic nitrogens is 3. The Balaban J connectivity index is 2.21. The van der Waals surface area contributed by atoms with Crippen LogP contribution < -0.4 is 11.1 Å². The highest BCUT2D eigenvalue weighted by atomic mass is 79.9. The van der Waals surface area contributed by atoms with Crippen molar-refractivity contribution in [3.05, 3.63) is 28.2 Å². The number of halogens is 2. The number of nitrogen functional groups attached to an aromatic ring is 1. The summed E-state index contributed by atoms with van der Waals surface area (Å²) in [5, 5.41) is 9.22. The van der Waals surface area contributed by atoms with E-state index in [1.165, 1.54) is 0 Å². The molecule has 0 unspecified atom stereocenters. The van der Waals surface area contributed by atoms with Crippen molar-refractivity contribution in [1.29, 1.82) is 0 Å². The van der Waals surface area contributed by atoms with Crippen molar-refractivity contribution in [3.63, 3.8) is 0 Å². The lowest BCUT2D eigenvalue weighted by Gasteiger charge is -2.04. The van der Waals surface area contributed by atoms with Crippen molar-refractivity contribution in [3.8, 4) is 0 Å². The third-order valence-electron chi connectivity index (χ3n) is 1.95. The summed E-state index contributed by atoms with van der Waals surface area (Å²) in [6.45, 7) is -0.535. The normalized spacial score (nSPS) is 10.4. The van der Waals surface area contributed by atoms with Gasteiger partial charge in [-0.15, -0.1) is 5.10 Å². The summed E-state index contributed by atoms with van der Waals surface area (Å²) < 4.78 is 13.3. The summed E-state index contributed by atoms with van der Waals surface area (Å²) >= 11 is 3.25. The molecule has 1 aromatic heterocycles. The number of nitrogens with one attached hydrogen (secondary N) is 2. The number of hydrogen-bond acceptors (Lipinski definition) is 4. The second-order valence-electron chi connectivity index (χ2n) is 3.11. The summed E-state index contributed by atoms with van der Waals surface area (Å²) in [4.78, 5) is 3.88. The predicted octanol–water partition coefficient (Wildman–Crippen LogP) is 2.36. The minimum absolute atomic E-state index is 0.227. The molecule has 2 aromatic rings. The molecular formula is C9H9BrFN5. The maximum absolute atomic E-state index is 12.6. The molecule has 0 bridgehead atoms. The summed E-state index contributed by atoms with van der Waals surface area (Å²) in [5.41, 5.74) is 6.64. The number of H-pyrrole nitrogens is 1. The van der Waals surface area contributed by atoms with Crippen LogP contribution in [0.3, 0.4) is 0 Å². The second kappa shape index (κ2) is 4.48. The molecule has 4 N–H and O–H groups in total. The fourth-order valence-electron chi connectivity index (χ4n) is 1.21. The molecule has 0 saturated carbocycles. The van der Waals surface area contributed by atoms with Gasteiger partial charge in [0.15, 0.2) is 0 Å². The maximum Gasteiger partial charge on any atom is 0.248 e. The molecule has 7 heteroatoms. The lowest BCUT2D eigenvalue weighted by molar-refractivity contribution is 0.484. The number of nitrogens with two attached hydrogens (primary N) is 1. The molecule has 0 radical (unpaired) electrons. The van der Waals surface area contributed by atoms with Crippen LogP contribution in [-0.4, -0.2) is 15.2 Å². The van der Waals surface area contributed by atoms with E-state index in [0.29, 0.717) is 17.2 Å². The first kappa shape index (κ1) is 10.9. The second-order valence-corrected chi connectivity index (χ2v) is 3.96. The Hall–Kier alpha value is -1.63. The van der Waals surface area contributed by atoms with E-state index in [1.54, 1.807) is 18.2 Å². The van der Waals surface area contributed by atoms with Crippen LogP contribution in [0.5, 0.6) is 0 Å². The first-order valence-electron chi connectivity index (χ1n) is 4.48. The van der Waals surface area contributed by atoms with Gasteiger partial charge in [-0.05, 0) is 23.8 Å². The minimum atomic E-state index is -0.535. The first-order chi connectivity index (χ1) is 7.69. The van der Waals surface area contributed by atoms with Gasteiger partial charge >= 0.3 is 0 Å². The topological polar surface area (TPSA) is 79.6 Å². The van der Waals surface area contributed by atoms with Crippen molar-refractivity contribution < 1.29 is 4.39 Å². The van der Waals surface area contributed by atoms with E-state index in [-0.39, 0.29) is 5.95 Å². The van der Waals surface area contributed by atoms with Crippen LogP contribution >= 0.6 is 15.9 Å². The van der Waals surface area contributed by atoms with Gasteiger partial charge in [-0.2, -0.15) is 4.98 Å². The molecule has 0 spiro atoms. The zero-order chi connectivity index (χ0) is 11.5. The largest absolute Gasteiger partial charge is 0.368 e. The number of anilines is 3. The van der Waals surface area contributed by atoms with E-state index < -0.39 is 6.67 Å². The molecule has 84 valence electrons. The number of nitrogens with zero attached hydrogens (tertiary/aromatic N) is 2. The van der Waals surface area contributed by atoms with E-state index in [1.807, 2.05) is 0 Å². The van der Waals surface area contributed by atoms with Gasteiger partial charge in [0.2, 0.25) is 11.9 Å². The van der Waals surface area contributed by atoms with Gasteiger partial charge in [0.05, 0.1) is 0 Å². The van der Waals surface area contributed by atoms with Crippen molar-refractivity contribution in [2.45, 2.75) is 6.67 Å². The van der Waals surface area contributed by atoms with Crippen molar-refractivity contribution in [1.82, 2.24) is 15.2 Å². The Bertz CT molecular complexity index is 498. The molecular weight excluding hydrogens is 277 g/mol. The Morgan fingerprint density at radius 1 is 1.50 bits per heavy atom. The van der Waals surface area contributed by atoms with Crippen molar-refractivity contribution >= 4 is 33.5 Å². The van der Waals surface area contributed by atoms with Crippen LogP contribution in [0.25, 0.3) is 0 Å². The molecule has 16 heavy (non-hydrogen) atoms. The van der Waals surface area contributed by atoms with Crippen LogP contribution in [-0.2, 0) is 6.67 Å². The van der Waals surface area contributed by atoms with Crippen LogP contribution in [0.15, 0.2) is 22.7 Å². The lowest BCUT2D eigenvalue weighted by atomic mass is 10.2. The summed E-state index contributed by atoms with van der Waals surface area (Å²) in [7, 11) is 0. The van der Waals surface area contributed by atoms with Crippen LogP contribution in [0.2, 0.25) is 0 Å². The van der Waals surface area contributed by atoms with E-state index in [2.05, 4.69) is 36.4 Å². The smallest absolute Gasteiger partial charge is 0.248 e. The van der Waals surface area contributed by atoms with Gasteiger partial charge in [-0.1, -0.05) is 15.9 Å². The highest BCUT2D eigenvalue weighted by Crippen LogP contribution is 2.23. The SMILES string of the molecule is Nc1nc(Nc2ccc(Br)c(CF)c2)n[nH]1. The molecule has 0 fully saturated rings. The van der Waals surface area contributed by atoms with Gasteiger partial charge in [-0.25, -0.2) is 9.49 Å². The molecule has 1 heterocycles. The van der Waals surface area contributed by atoms with Crippen LogP contribution in [0.4, 0.5) is 22.0 Å². The van der Waals surface area contributed by atoms with E-state index in [0.717, 1.165) is 4.47 Å². The Kier molecular flexibility index (Phi) is 3.04. The number of hydrogen-bond donors (Lipinski definition) is 3. The third-order valence-corrected chi connectivity index (χ3v) is 2.72. The average molecular weight is 286 g/mol.